The highest BCUT2D eigenvalue weighted by Crippen LogP contribution is 2.36. The Morgan fingerprint density at radius 2 is 1.83 bits per heavy atom. The highest BCUT2D eigenvalue weighted by Gasteiger charge is 2.41. The maximum absolute atomic E-state index is 12.6. The number of anilines is 2. The maximum atomic E-state index is 12.6. The second-order valence-corrected chi connectivity index (χ2v) is 4.87. The SMILES string of the molecule is Cc1ccc(N)c(N2CCC(C(F)(F)F)CC2)c1. The number of rotatable bonds is 1. The van der Waals surface area contributed by atoms with E-state index in [9.17, 15) is 13.2 Å². The molecule has 0 amide bonds. The lowest BCUT2D eigenvalue weighted by molar-refractivity contribution is -0.179. The molecule has 0 saturated carbocycles. The first-order chi connectivity index (χ1) is 8.38. The molecule has 1 heterocycles. The molecule has 1 aromatic carbocycles. The minimum atomic E-state index is -4.07. The van der Waals surface area contributed by atoms with E-state index in [2.05, 4.69) is 0 Å². The molecule has 1 fully saturated rings. The average molecular weight is 258 g/mol. The summed E-state index contributed by atoms with van der Waals surface area (Å²) in [4.78, 5) is 1.95. The van der Waals surface area contributed by atoms with Gasteiger partial charge in [0.1, 0.15) is 0 Å². The van der Waals surface area contributed by atoms with Crippen molar-refractivity contribution in [1.29, 1.82) is 0 Å². The zero-order valence-electron chi connectivity index (χ0n) is 10.3. The summed E-state index contributed by atoms with van der Waals surface area (Å²) in [6.45, 7) is 2.78. The normalized spacial score (nSPS) is 18.1. The summed E-state index contributed by atoms with van der Waals surface area (Å²) in [6, 6.07) is 5.64. The van der Waals surface area contributed by atoms with Gasteiger partial charge in [0, 0.05) is 13.1 Å². The van der Waals surface area contributed by atoms with Crippen molar-refractivity contribution in [2.45, 2.75) is 25.9 Å². The Labute approximate surface area is 105 Å². The molecule has 18 heavy (non-hydrogen) atoms. The number of halogens is 3. The highest BCUT2D eigenvalue weighted by atomic mass is 19.4. The van der Waals surface area contributed by atoms with Crippen molar-refractivity contribution >= 4 is 11.4 Å². The minimum Gasteiger partial charge on any atom is -0.397 e. The van der Waals surface area contributed by atoms with Gasteiger partial charge in [0.05, 0.1) is 17.3 Å². The quantitative estimate of drug-likeness (QED) is 0.783. The maximum Gasteiger partial charge on any atom is 0.391 e. The van der Waals surface area contributed by atoms with Crippen molar-refractivity contribution in [1.82, 2.24) is 0 Å². The number of hydrogen-bond acceptors (Lipinski definition) is 2. The first kappa shape index (κ1) is 13.1. The first-order valence-corrected chi connectivity index (χ1v) is 6.05. The molecule has 0 aromatic heterocycles. The van der Waals surface area contributed by atoms with Gasteiger partial charge in [0.15, 0.2) is 0 Å². The van der Waals surface area contributed by atoms with Crippen LogP contribution >= 0.6 is 0 Å². The molecule has 5 heteroatoms. The van der Waals surface area contributed by atoms with Crippen LogP contribution in [0.1, 0.15) is 18.4 Å². The smallest absolute Gasteiger partial charge is 0.391 e. The third-order valence-electron chi connectivity index (χ3n) is 3.48. The number of nitrogen functional groups attached to an aromatic ring is 1. The lowest BCUT2D eigenvalue weighted by atomic mass is 9.95. The first-order valence-electron chi connectivity index (χ1n) is 6.05. The van der Waals surface area contributed by atoms with E-state index in [1.165, 1.54) is 0 Å². The molecular formula is C13H17F3N2. The fourth-order valence-electron chi connectivity index (χ4n) is 2.38. The summed E-state index contributed by atoms with van der Waals surface area (Å²) < 4.78 is 37.7. The lowest BCUT2D eigenvalue weighted by Crippen LogP contribution is -2.39. The third-order valence-corrected chi connectivity index (χ3v) is 3.48. The summed E-state index contributed by atoms with van der Waals surface area (Å²) in [6.07, 6.45) is -3.77. The van der Waals surface area contributed by atoms with Crippen molar-refractivity contribution in [2.75, 3.05) is 23.7 Å². The standard InChI is InChI=1S/C13H17F3N2/c1-9-2-3-11(17)12(8-9)18-6-4-10(5-7-18)13(14,15)16/h2-3,8,10H,4-7,17H2,1H3. The highest BCUT2D eigenvalue weighted by molar-refractivity contribution is 5.68. The van der Waals surface area contributed by atoms with Gasteiger partial charge in [-0.15, -0.1) is 0 Å². The molecule has 0 spiro atoms. The van der Waals surface area contributed by atoms with E-state index in [4.69, 9.17) is 5.73 Å². The van der Waals surface area contributed by atoms with Crippen molar-refractivity contribution in [3.63, 3.8) is 0 Å². The second-order valence-electron chi connectivity index (χ2n) is 4.87. The Morgan fingerprint density at radius 3 is 2.39 bits per heavy atom. The molecule has 0 unspecified atom stereocenters. The van der Waals surface area contributed by atoms with Crippen molar-refractivity contribution < 1.29 is 13.2 Å². The molecule has 2 N–H and O–H groups in total. The van der Waals surface area contributed by atoms with Gasteiger partial charge in [-0.1, -0.05) is 6.07 Å². The van der Waals surface area contributed by atoms with Crippen LogP contribution in [0.3, 0.4) is 0 Å². The van der Waals surface area contributed by atoms with E-state index < -0.39 is 12.1 Å². The fraction of sp³-hybridized carbons (Fsp3) is 0.538. The van der Waals surface area contributed by atoms with Crippen LogP contribution in [-0.4, -0.2) is 19.3 Å². The molecule has 1 aromatic rings. The largest absolute Gasteiger partial charge is 0.397 e. The monoisotopic (exact) mass is 258 g/mol. The number of nitrogens with zero attached hydrogens (tertiary/aromatic N) is 1. The van der Waals surface area contributed by atoms with Crippen LogP contribution in [0.4, 0.5) is 24.5 Å². The fourth-order valence-corrected chi connectivity index (χ4v) is 2.38. The number of alkyl halides is 3. The summed E-state index contributed by atoms with van der Waals surface area (Å²) in [7, 11) is 0. The van der Waals surface area contributed by atoms with Crippen molar-refractivity contribution in [3.05, 3.63) is 23.8 Å². The number of piperidine rings is 1. The van der Waals surface area contributed by atoms with Gasteiger partial charge in [0.2, 0.25) is 0 Å². The molecule has 2 nitrogen and oxygen atoms in total. The Morgan fingerprint density at radius 1 is 1.22 bits per heavy atom. The number of aryl methyl sites for hydroxylation is 1. The van der Waals surface area contributed by atoms with E-state index in [0.29, 0.717) is 18.8 Å². The van der Waals surface area contributed by atoms with Gasteiger partial charge in [-0.25, -0.2) is 0 Å². The topological polar surface area (TPSA) is 29.3 Å². The van der Waals surface area contributed by atoms with E-state index in [-0.39, 0.29) is 12.8 Å². The van der Waals surface area contributed by atoms with E-state index in [0.717, 1.165) is 11.3 Å². The predicted molar refractivity (Wildman–Crippen MR) is 66.6 cm³/mol. The minimum absolute atomic E-state index is 0.150. The molecule has 1 aliphatic heterocycles. The van der Waals surface area contributed by atoms with Gasteiger partial charge in [-0.2, -0.15) is 13.2 Å². The van der Waals surface area contributed by atoms with Gasteiger partial charge in [0.25, 0.3) is 0 Å². The predicted octanol–water partition coefficient (Wildman–Crippen LogP) is 3.36. The summed E-state index contributed by atoms with van der Waals surface area (Å²) >= 11 is 0. The van der Waals surface area contributed by atoms with E-state index in [1.54, 1.807) is 6.07 Å². The molecule has 2 rings (SSSR count). The van der Waals surface area contributed by atoms with Gasteiger partial charge in [-0.05, 0) is 37.5 Å². The van der Waals surface area contributed by atoms with E-state index in [1.807, 2.05) is 24.0 Å². The Kier molecular flexibility index (Phi) is 3.41. The molecule has 100 valence electrons. The zero-order chi connectivity index (χ0) is 13.3. The summed E-state index contributed by atoms with van der Waals surface area (Å²) in [5, 5.41) is 0. The number of benzene rings is 1. The van der Waals surface area contributed by atoms with E-state index >= 15 is 0 Å². The summed E-state index contributed by atoms with van der Waals surface area (Å²) in [5.74, 6) is -1.17. The molecular weight excluding hydrogens is 241 g/mol. The Bertz CT molecular complexity index is 421. The van der Waals surface area contributed by atoms with Crippen LogP contribution in [0, 0.1) is 12.8 Å². The van der Waals surface area contributed by atoms with Gasteiger partial charge < -0.3 is 10.6 Å². The second kappa shape index (κ2) is 4.71. The van der Waals surface area contributed by atoms with Crippen molar-refractivity contribution in [3.8, 4) is 0 Å². The van der Waals surface area contributed by atoms with Gasteiger partial charge >= 0.3 is 6.18 Å². The number of hydrogen-bond donors (Lipinski definition) is 1. The Balaban J connectivity index is 2.08. The lowest BCUT2D eigenvalue weighted by Gasteiger charge is -2.35. The van der Waals surface area contributed by atoms with Crippen molar-refractivity contribution in [2.24, 2.45) is 5.92 Å². The molecule has 0 radical (unpaired) electrons. The van der Waals surface area contributed by atoms with Crippen LogP contribution in [0.2, 0.25) is 0 Å². The number of nitrogens with two attached hydrogens (primary N) is 1. The van der Waals surface area contributed by atoms with Crippen LogP contribution < -0.4 is 10.6 Å². The third kappa shape index (κ3) is 2.71. The van der Waals surface area contributed by atoms with Crippen LogP contribution in [0.15, 0.2) is 18.2 Å². The molecule has 0 aliphatic carbocycles. The van der Waals surface area contributed by atoms with Crippen LogP contribution in [0.25, 0.3) is 0 Å². The van der Waals surface area contributed by atoms with Crippen LogP contribution in [0.5, 0.6) is 0 Å². The molecule has 0 atom stereocenters. The molecule has 0 bridgehead atoms. The summed E-state index contributed by atoms with van der Waals surface area (Å²) in [5.41, 5.74) is 8.43. The zero-order valence-corrected chi connectivity index (χ0v) is 10.3. The molecule has 1 saturated heterocycles. The van der Waals surface area contributed by atoms with Gasteiger partial charge in [-0.3, -0.25) is 0 Å². The van der Waals surface area contributed by atoms with Crippen LogP contribution in [-0.2, 0) is 0 Å². The average Bonchev–Trinajstić information content (AvgIpc) is 2.31. The Hall–Kier alpha value is -1.39. The molecule has 1 aliphatic rings.